The first-order valence-corrected chi connectivity index (χ1v) is 22.5. The number of nitriles is 1. The summed E-state index contributed by atoms with van der Waals surface area (Å²) in [6, 6.07) is 15.9. The maximum Gasteiger partial charge on any atom is 0.272 e. The summed E-state index contributed by atoms with van der Waals surface area (Å²) in [5.41, 5.74) is 1.86. The van der Waals surface area contributed by atoms with Crippen LogP contribution < -0.4 is 34.8 Å². The van der Waals surface area contributed by atoms with Crippen LogP contribution in [0.2, 0.25) is 5.02 Å². The Morgan fingerprint density at radius 2 is 1.81 bits per heavy atom. The van der Waals surface area contributed by atoms with E-state index >= 15 is 0 Å². The largest absolute Gasteiger partial charge is 0.495 e. The number of amides is 3. The molecule has 5 heterocycles. The maximum absolute atomic E-state index is 13.8. The lowest BCUT2D eigenvalue weighted by Crippen LogP contribution is -2.71. The summed E-state index contributed by atoms with van der Waals surface area (Å²) in [4.78, 5) is 57.5. The Morgan fingerprint density at radius 3 is 2.52 bits per heavy atom. The van der Waals surface area contributed by atoms with Gasteiger partial charge < -0.3 is 44.4 Å². The summed E-state index contributed by atoms with van der Waals surface area (Å²) in [5.74, 6) is 2.49. The van der Waals surface area contributed by atoms with E-state index in [4.69, 9.17) is 36.1 Å². The van der Waals surface area contributed by atoms with Crippen LogP contribution in [-0.2, 0) is 9.53 Å². The van der Waals surface area contributed by atoms with Crippen molar-refractivity contribution in [2.45, 2.75) is 94.5 Å². The molecule has 2 aromatic heterocycles. The predicted molar refractivity (Wildman–Crippen MR) is 240 cm³/mol. The molecule has 0 unspecified atom stereocenters. The van der Waals surface area contributed by atoms with Gasteiger partial charge in [0.15, 0.2) is 17.3 Å². The molecule has 2 aromatic carbocycles. The number of aromatic nitrogens is 4. The van der Waals surface area contributed by atoms with Crippen molar-refractivity contribution in [3.05, 3.63) is 76.6 Å². The number of ether oxygens (including phenoxy) is 3. The van der Waals surface area contributed by atoms with Crippen LogP contribution in [0.3, 0.4) is 0 Å². The van der Waals surface area contributed by atoms with E-state index in [1.54, 1.807) is 78.7 Å². The standard InChI is InChI=1S/C46H52ClN11O6/c1-4-37-44(61)55(2)38-24-49-45(52-41(38)58(37)31-7-5-6-8-31)51-35-16-10-28(21-39(35)62-3)43(60)57-26-46(27-57)25-56(19-20-63-46)40-18-17-36(53-54-40)42(59)50-30-11-14-32(15-12-30)64-33-13-9-29(23-48)34(47)22-33/h9-10,13,16-18,21-22,24,30-32,37H,4-8,11-12,14-15,19-20,25-27H2,1-3H3,(H,50,59)(H,49,51,52)/t30?,32?,37-/m1/s1. The SMILES string of the molecule is CC[C@@H]1C(=O)N(C)c2cnc(Nc3ccc(C(=O)N4CC5(C4)CN(c4ccc(C(=O)NC6CCC(Oc7ccc(C#N)c(Cl)c7)CC6)nn4)CCO5)cc3OC)nc2N1C1CCCC1. The number of likely N-dealkylation sites (tertiary alicyclic amines) is 1. The number of fused-ring (bicyclic) bond motifs is 1. The molecule has 3 amide bonds. The second-order valence-electron chi connectivity index (χ2n) is 17.3. The molecule has 4 fully saturated rings. The van der Waals surface area contributed by atoms with Crippen LogP contribution in [0.4, 0.5) is 29.0 Å². The Hall–Kier alpha value is -6.25. The van der Waals surface area contributed by atoms with Crippen molar-refractivity contribution in [1.82, 2.24) is 30.4 Å². The molecule has 1 spiro atoms. The molecular formula is C46H52ClN11O6. The Kier molecular flexibility index (Phi) is 12.2. The molecule has 17 nitrogen and oxygen atoms in total. The molecule has 2 aliphatic carbocycles. The predicted octanol–water partition coefficient (Wildman–Crippen LogP) is 5.90. The van der Waals surface area contributed by atoms with E-state index in [2.05, 4.69) is 41.7 Å². The Morgan fingerprint density at radius 1 is 1.02 bits per heavy atom. The number of likely N-dealkylation sites (N-methyl/N-ethyl adjacent to an activating group) is 1. The van der Waals surface area contributed by atoms with Crippen LogP contribution in [0.5, 0.6) is 11.5 Å². The van der Waals surface area contributed by atoms with Gasteiger partial charge in [-0.15, -0.1) is 10.2 Å². The number of hydrogen-bond donors (Lipinski definition) is 2. The number of rotatable bonds is 11. The van der Waals surface area contributed by atoms with Crippen LogP contribution in [0.15, 0.2) is 54.7 Å². The summed E-state index contributed by atoms with van der Waals surface area (Å²) >= 11 is 6.16. The molecule has 2 N–H and O–H groups in total. The zero-order valence-electron chi connectivity index (χ0n) is 36.3. The van der Waals surface area contributed by atoms with Crippen LogP contribution >= 0.6 is 11.6 Å². The van der Waals surface area contributed by atoms with Gasteiger partial charge in [-0.3, -0.25) is 14.4 Å². The Labute approximate surface area is 377 Å². The van der Waals surface area contributed by atoms with Crippen molar-refractivity contribution < 1.29 is 28.6 Å². The Bertz CT molecular complexity index is 2450. The van der Waals surface area contributed by atoms with Gasteiger partial charge in [0.1, 0.15) is 34.9 Å². The molecule has 3 aliphatic heterocycles. The first kappa shape index (κ1) is 43.0. The molecule has 18 heteroatoms. The fraction of sp³-hybridized carbons (Fsp3) is 0.478. The highest BCUT2D eigenvalue weighted by Gasteiger charge is 2.50. The summed E-state index contributed by atoms with van der Waals surface area (Å²) in [6.45, 7) is 4.43. The number of carbonyl (C=O) groups excluding carboxylic acids is 3. The van der Waals surface area contributed by atoms with Crippen LogP contribution in [-0.4, -0.2) is 120 Å². The minimum Gasteiger partial charge on any atom is -0.495 e. The number of carbonyl (C=O) groups is 3. The Balaban J connectivity index is 0.778. The molecule has 0 radical (unpaired) electrons. The van der Waals surface area contributed by atoms with Crippen molar-refractivity contribution >= 4 is 58.3 Å². The smallest absolute Gasteiger partial charge is 0.272 e. The molecule has 2 saturated heterocycles. The molecule has 4 aromatic rings. The van der Waals surface area contributed by atoms with E-state index < -0.39 is 5.60 Å². The van der Waals surface area contributed by atoms with E-state index in [0.717, 1.165) is 57.2 Å². The summed E-state index contributed by atoms with van der Waals surface area (Å²) in [6.07, 6.45) is 9.73. The highest BCUT2D eigenvalue weighted by molar-refractivity contribution is 6.31. The van der Waals surface area contributed by atoms with Crippen LogP contribution in [0, 0.1) is 11.3 Å². The van der Waals surface area contributed by atoms with Crippen molar-refractivity contribution in [3.8, 4) is 17.6 Å². The number of benzene rings is 2. The van der Waals surface area contributed by atoms with Crippen molar-refractivity contribution in [2.24, 2.45) is 0 Å². The first-order valence-electron chi connectivity index (χ1n) is 22.1. The van der Waals surface area contributed by atoms with Crippen molar-refractivity contribution in [2.75, 3.05) is 67.0 Å². The first-order chi connectivity index (χ1) is 31.0. The topological polar surface area (TPSA) is 191 Å². The third kappa shape index (κ3) is 8.56. The molecule has 64 heavy (non-hydrogen) atoms. The van der Waals surface area contributed by atoms with Gasteiger partial charge in [0.05, 0.1) is 61.9 Å². The van der Waals surface area contributed by atoms with Crippen molar-refractivity contribution in [3.63, 3.8) is 0 Å². The summed E-state index contributed by atoms with van der Waals surface area (Å²) in [5, 5.41) is 24.6. The monoisotopic (exact) mass is 889 g/mol. The zero-order chi connectivity index (χ0) is 44.5. The molecule has 5 aliphatic rings. The minimum atomic E-state index is -0.558. The van der Waals surface area contributed by atoms with E-state index in [1.165, 1.54) is 0 Å². The van der Waals surface area contributed by atoms with Gasteiger partial charge in [-0.05, 0) is 87.4 Å². The highest BCUT2D eigenvalue weighted by atomic mass is 35.5. The molecule has 2 saturated carbocycles. The number of nitrogens with zero attached hydrogens (tertiary/aromatic N) is 9. The number of nitrogens with one attached hydrogen (secondary N) is 2. The zero-order valence-corrected chi connectivity index (χ0v) is 37.0. The minimum absolute atomic E-state index is 0.00446. The number of halogens is 1. The van der Waals surface area contributed by atoms with Gasteiger partial charge in [-0.25, -0.2) is 4.98 Å². The fourth-order valence-electron chi connectivity index (χ4n) is 9.75. The number of anilines is 5. The average molecular weight is 890 g/mol. The second-order valence-corrected chi connectivity index (χ2v) is 17.7. The van der Waals surface area contributed by atoms with E-state index in [9.17, 15) is 14.4 Å². The number of morpholine rings is 1. The average Bonchev–Trinajstić information content (AvgIpc) is 3.85. The third-order valence-electron chi connectivity index (χ3n) is 13.2. The van der Waals surface area contributed by atoms with Gasteiger partial charge in [0, 0.05) is 37.3 Å². The molecule has 334 valence electrons. The molecule has 0 bridgehead atoms. The molecule has 9 rings (SSSR count). The fourth-order valence-corrected chi connectivity index (χ4v) is 9.96. The van der Waals surface area contributed by atoms with Crippen molar-refractivity contribution in [1.29, 1.82) is 5.26 Å². The van der Waals surface area contributed by atoms with Gasteiger partial charge in [-0.2, -0.15) is 10.2 Å². The van der Waals surface area contributed by atoms with Gasteiger partial charge in [0.25, 0.3) is 11.8 Å². The molecule has 1 atom stereocenters. The molecular weight excluding hydrogens is 838 g/mol. The maximum atomic E-state index is 13.8. The summed E-state index contributed by atoms with van der Waals surface area (Å²) in [7, 11) is 3.34. The van der Waals surface area contributed by atoms with E-state index in [-0.39, 0.29) is 47.6 Å². The quantitative estimate of drug-likeness (QED) is 0.181. The third-order valence-corrected chi connectivity index (χ3v) is 13.5. The van der Waals surface area contributed by atoms with E-state index in [1.807, 2.05) is 6.92 Å². The lowest BCUT2D eigenvalue weighted by molar-refractivity contribution is -0.134. The van der Waals surface area contributed by atoms with E-state index in [0.29, 0.717) is 90.0 Å². The van der Waals surface area contributed by atoms with Crippen LogP contribution in [0.1, 0.15) is 91.1 Å². The van der Waals surface area contributed by atoms with Gasteiger partial charge in [-0.1, -0.05) is 31.4 Å². The normalized spacial score (nSPS) is 21.8. The number of methoxy groups -OCH3 is 1. The number of hydrogen-bond acceptors (Lipinski definition) is 14. The van der Waals surface area contributed by atoms with Gasteiger partial charge >= 0.3 is 0 Å². The summed E-state index contributed by atoms with van der Waals surface area (Å²) < 4.78 is 18.1. The lowest BCUT2D eigenvalue weighted by Gasteiger charge is -2.53. The second kappa shape index (κ2) is 18.1. The van der Waals surface area contributed by atoms with Gasteiger partial charge in [0.2, 0.25) is 11.9 Å². The van der Waals surface area contributed by atoms with Crippen LogP contribution in [0.25, 0.3) is 0 Å². The highest BCUT2D eigenvalue weighted by Crippen LogP contribution is 2.41. The lowest BCUT2D eigenvalue weighted by atomic mass is 9.90.